The molecule has 0 fully saturated rings. The van der Waals surface area contributed by atoms with Gasteiger partial charge in [0.25, 0.3) is 5.56 Å². The van der Waals surface area contributed by atoms with E-state index in [9.17, 15) is 4.79 Å². The van der Waals surface area contributed by atoms with E-state index in [1.54, 1.807) is 6.07 Å². The first-order valence-corrected chi connectivity index (χ1v) is 4.76. The number of rotatable bonds is 0. The molecule has 0 spiro atoms. The Labute approximate surface area is 72.4 Å². The van der Waals surface area contributed by atoms with Crippen LogP contribution < -0.4 is 5.56 Å². The highest BCUT2D eigenvalue weighted by molar-refractivity contribution is 7.05. The van der Waals surface area contributed by atoms with Crippen LogP contribution in [0.5, 0.6) is 0 Å². The number of hydrogen-bond acceptors (Lipinski definition) is 2. The standard InChI is InChI=1S/C4H5NOS.2C2H6/c1-3-2-4(6)5-7-3;2*1-2/h2H,1H3,(H,5,6);2*1-2H3. The van der Waals surface area contributed by atoms with Crippen LogP contribution in [-0.2, 0) is 0 Å². The van der Waals surface area contributed by atoms with E-state index in [2.05, 4.69) is 4.37 Å². The largest absolute Gasteiger partial charge is 0.278 e. The highest BCUT2D eigenvalue weighted by Gasteiger charge is 1.83. The minimum absolute atomic E-state index is 0.00231. The van der Waals surface area contributed by atoms with Crippen LogP contribution in [0.15, 0.2) is 10.9 Å². The van der Waals surface area contributed by atoms with Crippen LogP contribution in [0.2, 0.25) is 0 Å². The van der Waals surface area contributed by atoms with Crippen LogP contribution in [-0.4, -0.2) is 4.37 Å². The zero-order chi connectivity index (χ0) is 9.28. The van der Waals surface area contributed by atoms with Gasteiger partial charge < -0.3 is 0 Å². The van der Waals surface area contributed by atoms with Crippen LogP contribution >= 0.6 is 11.5 Å². The molecule has 0 amide bonds. The molecule has 11 heavy (non-hydrogen) atoms. The van der Waals surface area contributed by atoms with E-state index < -0.39 is 0 Å². The molecular weight excluding hydrogens is 158 g/mol. The van der Waals surface area contributed by atoms with Gasteiger partial charge in [0, 0.05) is 10.9 Å². The summed E-state index contributed by atoms with van der Waals surface area (Å²) in [5.41, 5.74) is 0.00231. The minimum Gasteiger partial charge on any atom is -0.278 e. The Morgan fingerprint density at radius 1 is 1.27 bits per heavy atom. The van der Waals surface area contributed by atoms with E-state index in [4.69, 9.17) is 0 Å². The second-order valence-electron chi connectivity index (χ2n) is 1.32. The molecule has 0 radical (unpaired) electrons. The predicted octanol–water partition coefficient (Wildman–Crippen LogP) is 2.80. The molecule has 0 aromatic carbocycles. The summed E-state index contributed by atoms with van der Waals surface area (Å²) < 4.78 is 2.55. The summed E-state index contributed by atoms with van der Waals surface area (Å²) in [6.07, 6.45) is 0. The normalized spacial score (nSPS) is 7.00. The topological polar surface area (TPSA) is 32.9 Å². The number of H-pyrrole nitrogens is 1. The SMILES string of the molecule is CC.CC.Cc1cc(=O)[nH]s1. The second-order valence-corrected chi connectivity index (χ2v) is 2.38. The number of nitrogens with one attached hydrogen (secondary N) is 1. The van der Waals surface area contributed by atoms with Crippen LogP contribution in [0.4, 0.5) is 0 Å². The first-order valence-electron chi connectivity index (χ1n) is 3.94. The van der Waals surface area contributed by atoms with Crippen molar-refractivity contribution < 1.29 is 0 Å². The Balaban J connectivity index is 0. The van der Waals surface area contributed by atoms with Gasteiger partial charge in [-0.15, -0.1) is 0 Å². The molecular formula is C8H17NOS. The Morgan fingerprint density at radius 2 is 1.73 bits per heavy atom. The third-order valence-electron chi connectivity index (χ3n) is 0.647. The van der Waals surface area contributed by atoms with E-state index in [-0.39, 0.29) is 5.56 Å². The average Bonchev–Trinajstić information content (AvgIpc) is 2.43. The summed E-state index contributed by atoms with van der Waals surface area (Å²) >= 11 is 1.37. The van der Waals surface area contributed by atoms with Crippen molar-refractivity contribution in [2.75, 3.05) is 0 Å². The van der Waals surface area contributed by atoms with Crippen LogP contribution in [0.25, 0.3) is 0 Å². The van der Waals surface area contributed by atoms with E-state index in [1.807, 2.05) is 34.6 Å². The zero-order valence-electron chi connectivity index (χ0n) is 7.89. The van der Waals surface area contributed by atoms with Gasteiger partial charge in [0.15, 0.2) is 0 Å². The fourth-order valence-corrected chi connectivity index (χ4v) is 0.861. The molecule has 0 atom stereocenters. The van der Waals surface area contributed by atoms with Crippen molar-refractivity contribution in [2.24, 2.45) is 0 Å². The first-order chi connectivity index (χ1) is 5.29. The molecule has 0 unspecified atom stereocenters. The Bertz CT molecular complexity index is 202. The maximum Gasteiger partial charge on any atom is 0.258 e. The summed E-state index contributed by atoms with van der Waals surface area (Å²) in [4.78, 5) is 11.3. The highest BCUT2D eigenvalue weighted by Crippen LogP contribution is 1.93. The van der Waals surface area contributed by atoms with E-state index in [1.165, 1.54) is 11.5 Å². The lowest BCUT2D eigenvalue weighted by Crippen LogP contribution is -1.91. The van der Waals surface area contributed by atoms with E-state index in [0.717, 1.165) is 4.88 Å². The molecule has 0 saturated heterocycles. The molecule has 2 nitrogen and oxygen atoms in total. The summed E-state index contributed by atoms with van der Waals surface area (Å²) in [7, 11) is 0. The second kappa shape index (κ2) is 9.43. The molecule has 1 aromatic heterocycles. The molecule has 0 aliphatic rings. The van der Waals surface area contributed by atoms with Crippen molar-refractivity contribution in [3.63, 3.8) is 0 Å². The monoisotopic (exact) mass is 175 g/mol. The lowest BCUT2D eigenvalue weighted by atomic mass is 10.6. The lowest BCUT2D eigenvalue weighted by Gasteiger charge is -1.63. The van der Waals surface area contributed by atoms with E-state index in [0.29, 0.717) is 0 Å². The van der Waals surface area contributed by atoms with Crippen LogP contribution in [0.3, 0.4) is 0 Å². The number of hydrogen-bond donors (Lipinski definition) is 1. The van der Waals surface area contributed by atoms with Crippen molar-refractivity contribution in [1.82, 2.24) is 4.37 Å². The highest BCUT2D eigenvalue weighted by atomic mass is 32.1. The molecule has 1 N–H and O–H groups in total. The molecule has 1 heterocycles. The van der Waals surface area contributed by atoms with Gasteiger partial charge in [-0.3, -0.25) is 9.17 Å². The quantitative estimate of drug-likeness (QED) is 0.646. The lowest BCUT2D eigenvalue weighted by molar-refractivity contribution is 1.42. The van der Waals surface area contributed by atoms with Crippen molar-refractivity contribution in [3.05, 3.63) is 21.3 Å². The van der Waals surface area contributed by atoms with Gasteiger partial charge >= 0.3 is 0 Å². The van der Waals surface area contributed by atoms with Gasteiger partial charge in [-0.05, 0) is 6.92 Å². The maximum absolute atomic E-state index is 10.2. The zero-order valence-corrected chi connectivity index (χ0v) is 8.71. The Hall–Kier alpha value is -0.570. The van der Waals surface area contributed by atoms with Gasteiger partial charge in [0.2, 0.25) is 0 Å². The van der Waals surface area contributed by atoms with Crippen molar-refractivity contribution >= 4 is 11.5 Å². The van der Waals surface area contributed by atoms with Gasteiger partial charge in [-0.25, -0.2) is 0 Å². The van der Waals surface area contributed by atoms with Crippen LogP contribution in [0, 0.1) is 6.92 Å². The number of aromatic nitrogens is 1. The third kappa shape index (κ3) is 7.33. The first kappa shape index (κ1) is 13.1. The predicted molar refractivity (Wildman–Crippen MR) is 52.4 cm³/mol. The minimum atomic E-state index is 0.00231. The molecule has 0 aliphatic carbocycles. The van der Waals surface area contributed by atoms with Gasteiger partial charge in [0.1, 0.15) is 0 Å². The average molecular weight is 175 g/mol. The fourth-order valence-electron chi connectivity index (χ4n) is 0.374. The van der Waals surface area contributed by atoms with Crippen LogP contribution in [0.1, 0.15) is 32.6 Å². The summed E-state index contributed by atoms with van der Waals surface area (Å²) in [6.45, 7) is 9.89. The number of aromatic amines is 1. The maximum atomic E-state index is 10.2. The molecule has 1 rings (SSSR count). The Morgan fingerprint density at radius 3 is 1.82 bits per heavy atom. The summed E-state index contributed by atoms with van der Waals surface area (Å²) in [5.74, 6) is 0. The van der Waals surface area contributed by atoms with Gasteiger partial charge in [0.05, 0.1) is 0 Å². The molecule has 1 aromatic rings. The molecule has 0 aliphatic heterocycles. The van der Waals surface area contributed by atoms with E-state index >= 15 is 0 Å². The Kier molecular flexibility index (Phi) is 11.2. The molecule has 3 heteroatoms. The van der Waals surface area contributed by atoms with Crippen molar-refractivity contribution in [3.8, 4) is 0 Å². The van der Waals surface area contributed by atoms with Gasteiger partial charge in [-0.2, -0.15) is 0 Å². The molecule has 0 saturated carbocycles. The smallest absolute Gasteiger partial charge is 0.258 e. The van der Waals surface area contributed by atoms with Crippen molar-refractivity contribution in [1.29, 1.82) is 0 Å². The van der Waals surface area contributed by atoms with Crippen molar-refractivity contribution in [2.45, 2.75) is 34.6 Å². The molecule has 66 valence electrons. The number of aryl methyl sites for hydroxylation is 1. The van der Waals surface area contributed by atoms with Gasteiger partial charge in [-0.1, -0.05) is 39.2 Å². The third-order valence-corrected chi connectivity index (χ3v) is 1.39. The summed E-state index contributed by atoms with van der Waals surface area (Å²) in [6, 6.07) is 1.57. The fraction of sp³-hybridized carbons (Fsp3) is 0.625. The summed E-state index contributed by atoms with van der Waals surface area (Å²) in [5, 5.41) is 0. The molecule has 0 bridgehead atoms.